The summed E-state index contributed by atoms with van der Waals surface area (Å²) in [6.07, 6.45) is 5.63. The molecule has 0 aromatic rings. The first-order chi connectivity index (χ1) is 6.18. The van der Waals surface area contributed by atoms with E-state index in [1.54, 1.807) is 0 Å². The van der Waals surface area contributed by atoms with Crippen molar-refractivity contribution in [2.24, 2.45) is 5.16 Å². The fourth-order valence-electron chi connectivity index (χ4n) is 1.87. The Hall–Kier alpha value is -0.570. The first kappa shape index (κ1) is 10.5. The van der Waals surface area contributed by atoms with Crippen LogP contribution in [-0.2, 0) is 9.57 Å². The summed E-state index contributed by atoms with van der Waals surface area (Å²) in [6.45, 7) is 7.39. The molecule has 3 heteroatoms. The van der Waals surface area contributed by atoms with Crippen molar-refractivity contribution in [1.29, 1.82) is 0 Å². The van der Waals surface area contributed by atoms with Crippen molar-refractivity contribution in [2.45, 2.75) is 57.8 Å². The minimum atomic E-state index is -0.478. The van der Waals surface area contributed by atoms with Gasteiger partial charge in [-0.1, -0.05) is 11.6 Å². The van der Waals surface area contributed by atoms with E-state index >= 15 is 0 Å². The summed E-state index contributed by atoms with van der Waals surface area (Å²) < 4.78 is 5.76. The maximum absolute atomic E-state index is 5.76. The standard InChI is InChI=1S/C10H19NO2/c1-9(2)12-10(13-11-3)7-5-4-6-8-10/h9H,3-8H2,1-2H3. The number of hydrogen-bond acceptors (Lipinski definition) is 3. The molecule has 76 valence electrons. The maximum Gasteiger partial charge on any atom is 0.237 e. The van der Waals surface area contributed by atoms with E-state index in [0.717, 1.165) is 25.7 Å². The van der Waals surface area contributed by atoms with Crippen LogP contribution < -0.4 is 0 Å². The Kier molecular flexibility index (Phi) is 3.72. The molecule has 0 unspecified atom stereocenters. The monoisotopic (exact) mass is 185 g/mol. The fourth-order valence-corrected chi connectivity index (χ4v) is 1.87. The van der Waals surface area contributed by atoms with Gasteiger partial charge in [-0.3, -0.25) is 0 Å². The molecule has 0 N–H and O–H groups in total. The van der Waals surface area contributed by atoms with E-state index in [1.165, 1.54) is 6.42 Å². The molecule has 1 aliphatic carbocycles. The van der Waals surface area contributed by atoms with E-state index in [0.29, 0.717) is 0 Å². The van der Waals surface area contributed by atoms with Crippen molar-refractivity contribution in [3.8, 4) is 0 Å². The minimum absolute atomic E-state index is 0.180. The topological polar surface area (TPSA) is 30.8 Å². The summed E-state index contributed by atoms with van der Waals surface area (Å²) >= 11 is 0. The summed E-state index contributed by atoms with van der Waals surface area (Å²) in [7, 11) is 0. The lowest BCUT2D eigenvalue weighted by Gasteiger charge is -2.35. The normalized spacial score (nSPS) is 21.5. The Bertz CT molecular complexity index is 162. The van der Waals surface area contributed by atoms with Gasteiger partial charge in [-0.25, -0.2) is 0 Å². The molecule has 0 aromatic carbocycles. The lowest BCUT2D eigenvalue weighted by molar-refractivity contribution is -0.267. The Morgan fingerprint density at radius 1 is 1.23 bits per heavy atom. The molecule has 0 atom stereocenters. The van der Waals surface area contributed by atoms with Gasteiger partial charge in [0, 0.05) is 19.6 Å². The summed E-state index contributed by atoms with van der Waals surface area (Å²) in [5.74, 6) is -0.478. The van der Waals surface area contributed by atoms with Crippen molar-refractivity contribution >= 4 is 6.72 Å². The molecule has 0 radical (unpaired) electrons. The van der Waals surface area contributed by atoms with Gasteiger partial charge < -0.3 is 9.57 Å². The molecular formula is C10H19NO2. The SMILES string of the molecule is C=NOC1(OC(C)C)CCCCC1. The third-order valence-electron chi connectivity index (χ3n) is 2.30. The second-order valence-corrected chi connectivity index (χ2v) is 3.86. The van der Waals surface area contributed by atoms with Crippen LogP contribution >= 0.6 is 0 Å². The summed E-state index contributed by atoms with van der Waals surface area (Å²) in [6, 6.07) is 0. The first-order valence-electron chi connectivity index (χ1n) is 5.00. The van der Waals surface area contributed by atoms with E-state index < -0.39 is 5.79 Å². The van der Waals surface area contributed by atoms with Crippen LogP contribution in [0.1, 0.15) is 46.0 Å². The minimum Gasteiger partial charge on any atom is -0.361 e. The Morgan fingerprint density at radius 2 is 1.85 bits per heavy atom. The molecule has 1 saturated carbocycles. The summed E-state index contributed by atoms with van der Waals surface area (Å²) in [5.41, 5.74) is 0. The van der Waals surface area contributed by atoms with Gasteiger partial charge in [0.05, 0.1) is 6.10 Å². The highest BCUT2D eigenvalue weighted by Gasteiger charge is 2.36. The largest absolute Gasteiger partial charge is 0.361 e. The predicted molar refractivity (Wildman–Crippen MR) is 52.7 cm³/mol. The lowest BCUT2D eigenvalue weighted by Crippen LogP contribution is -2.38. The highest BCUT2D eigenvalue weighted by Crippen LogP contribution is 2.33. The summed E-state index contributed by atoms with van der Waals surface area (Å²) in [5, 5.41) is 3.51. The molecule has 0 saturated heterocycles. The second-order valence-electron chi connectivity index (χ2n) is 3.86. The van der Waals surface area contributed by atoms with Gasteiger partial charge in [-0.2, -0.15) is 0 Å². The summed E-state index contributed by atoms with van der Waals surface area (Å²) in [4.78, 5) is 5.27. The number of ether oxygens (including phenoxy) is 1. The predicted octanol–water partition coefficient (Wildman–Crippen LogP) is 2.70. The third-order valence-corrected chi connectivity index (χ3v) is 2.30. The lowest BCUT2D eigenvalue weighted by atomic mass is 9.94. The smallest absolute Gasteiger partial charge is 0.237 e. The van der Waals surface area contributed by atoms with E-state index in [2.05, 4.69) is 11.9 Å². The third kappa shape index (κ3) is 2.99. The van der Waals surface area contributed by atoms with Gasteiger partial charge in [-0.15, -0.1) is 0 Å². The zero-order valence-electron chi connectivity index (χ0n) is 8.58. The molecule has 0 aromatic heterocycles. The molecule has 0 bridgehead atoms. The quantitative estimate of drug-likeness (QED) is 0.383. The first-order valence-corrected chi connectivity index (χ1v) is 5.00. The number of hydrogen-bond donors (Lipinski definition) is 0. The van der Waals surface area contributed by atoms with Crippen LogP contribution in [0.15, 0.2) is 5.16 Å². The maximum atomic E-state index is 5.76. The Morgan fingerprint density at radius 3 is 2.31 bits per heavy atom. The van der Waals surface area contributed by atoms with Gasteiger partial charge in [0.15, 0.2) is 0 Å². The number of rotatable bonds is 4. The van der Waals surface area contributed by atoms with Gasteiger partial charge in [0.25, 0.3) is 0 Å². The van der Waals surface area contributed by atoms with Crippen LogP contribution in [0.3, 0.4) is 0 Å². The van der Waals surface area contributed by atoms with Crippen LogP contribution in [0.2, 0.25) is 0 Å². The van der Waals surface area contributed by atoms with Crippen molar-refractivity contribution in [3.05, 3.63) is 0 Å². The van der Waals surface area contributed by atoms with Gasteiger partial charge in [0.1, 0.15) is 0 Å². The van der Waals surface area contributed by atoms with Crippen molar-refractivity contribution < 1.29 is 9.57 Å². The van der Waals surface area contributed by atoms with E-state index in [-0.39, 0.29) is 6.10 Å². The number of oxime groups is 1. The molecule has 0 amide bonds. The molecule has 13 heavy (non-hydrogen) atoms. The molecular weight excluding hydrogens is 166 g/mol. The fraction of sp³-hybridized carbons (Fsp3) is 0.900. The molecule has 0 spiro atoms. The van der Waals surface area contributed by atoms with Gasteiger partial charge >= 0.3 is 0 Å². The Labute approximate surface area is 80.1 Å². The van der Waals surface area contributed by atoms with Gasteiger partial charge in [-0.05, 0) is 26.7 Å². The van der Waals surface area contributed by atoms with Crippen LogP contribution in [0.5, 0.6) is 0 Å². The van der Waals surface area contributed by atoms with Crippen LogP contribution in [0, 0.1) is 0 Å². The zero-order valence-corrected chi connectivity index (χ0v) is 8.58. The number of nitrogens with zero attached hydrogens (tertiary/aromatic N) is 1. The van der Waals surface area contributed by atoms with Crippen LogP contribution in [0.25, 0.3) is 0 Å². The van der Waals surface area contributed by atoms with Crippen LogP contribution in [0.4, 0.5) is 0 Å². The van der Waals surface area contributed by atoms with E-state index in [9.17, 15) is 0 Å². The van der Waals surface area contributed by atoms with Crippen molar-refractivity contribution in [3.63, 3.8) is 0 Å². The molecule has 1 rings (SSSR count). The average molecular weight is 185 g/mol. The van der Waals surface area contributed by atoms with Crippen LogP contribution in [-0.4, -0.2) is 18.6 Å². The van der Waals surface area contributed by atoms with E-state index in [1.807, 2.05) is 13.8 Å². The zero-order chi connectivity index (χ0) is 9.73. The molecule has 0 heterocycles. The Balaban J connectivity index is 2.55. The molecule has 0 aliphatic heterocycles. The molecule has 3 nitrogen and oxygen atoms in total. The van der Waals surface area contributed by atoms with E-state index in [4.69, 9.17) is 9.57 Å². The second kappa shape index (κ2) is 4.61. The molecule has 1 fully saturated rings. The van der Waals surface area contributed by atoms with Crippen molar-refractivity contribution in [1.82, 2.24) is 0 Å². The average Bonchev–Trinajstić information content (AvgIpc) is 2.04. The molecule has 1 aliphatic rings. The van der Waals surface area contributed by atoms with Crippen molar-refractivity contribution in [2.75, 3.05) is 0 Å². The highest BCUT2D eigenvalue weighted by molar-refractivity contribution is 5.21. The highest BCUT2D eigenvalue weighted by atomic mass is 16.8. The van der Waals surface area contributed by atoms with Gasteiger partial charge in [0.2, 0.25) is 5.79 Å².